The summed E-state index contributed by atoms with van der Waals surface area (Å²) in [6.45, 7) is 1.49. The number of benzene rings is 1. The van der Waals surface area contributed by atoms with Gasteiger partial charge in [0.25, 0.3) is 5.69 Å². The number of hydrogen-bond donors (Lipinski definition) is 1. The average molecular weight is 314 g/mol. The summed E-state index contributed by atoms with van der Waals surface area (Å²) >= 11 is 5.25. The molecule has 1 aromatic rings. The summed E-state index contributed by atoms with van der Waals surface area (Å²) in [6, 6.07) is 3.90. The second-order valence-corrected chi connectivity index (χ2v) is 5.45. The summed E-state index contributed by atoms with van der Waals surface area (Å²) in [6.07, 6.45) is 0.762. The van der Waals surface area contributed by atoms with Gasteiger partial charge in [-0.25, -0.2) is 4.79 Å². The van der Waals surface area contributed by atoms with Crippen LogP contribution in [0.5, 0.6) is 5.75 Å². The molecule has 21 heavy (non-hydrogen) atoms. The van der Waals surface area contributed by atoms with Crippen LogP contribution in [0, 0.1) is 10.1 Å². The van der Waals surface area contributed by atoms with Crippen molar-refractivity contribution in [2.45, 2.75) is 18.4 Å². The molecular formula is C13H16ClN3O4. The van der Waals surface area contributed by atoms with Gasteiger partial charge in [-0.05, 0) is 26.1 Å². The molecule has 1 aromatic carbocycles. The lowest BCUT2D eigenvalue weighted by Crippen LogP contribution is -2.44. The molecule has 0 aliphatic carbocycles. The lowest BCUT2D eigenvalue weighted by atomic mass is 9.86. The first-order valence-electron chi connectivity index (χ1n) is 6.48. The molecule has 2 rings (SSSR count). The van der Waals surface area contributed by atoms with E-state index in [4.69, 9.17) is 22.1 Å². The zero-order valence-electron chi connectivity index (χ0n) is 11.5. The van der Waals surface area contributed by atoms with Crippen molar-refractivity contribution in [3.8, 4) is 5.75 Å². The van der Waals surface area contributed by atoms with Crippen molar-refractivity contribution in [3.05, 3.63) is 33.9 Å². The number of halogens is 1. The lowest BCUT2D eigenvalue weighted by molar-refractivity contribution is -0.385. The summed E-state index contributed by atoms with van der Waals surface area (Å²) in [5.74, 6) is 0.0611. The monoisotopic (exact) mass is 313 g/mol. The number of likely N-dealkylation sites (N-methyl/N-ethyl adjacent to an activating group) is 1. The number of carbonyl (C=O) groups is 1. The minimum absolute atomic E-state index is 0.0696. The van der Waals surface area contributed by atoms with Gasteiger partial charge < -0.3 is 15.4 Å². The summed E-state index contributed by atoms with van der Waals surface area (Å²) in [5, 5.41) is 10.9. The molecule has 2 N–H and O–H groups in total. The summed E-state index contributed by atoms with van der Waals surface area (Å²) in [5.41, 5.74) is 5.62. The van der Waals surface area contributed by atoms with Crippen LogP contribution in [0.1, 0.15) is 17.9 Å². The maximum Gasteiger partial charge on any atom is 0.409 e. The molecule has 0 amide bonds. The first-order valence-corrected chi connectivity index (χ1v) is 6.86. The van der Waals surface area contributed by atoms with Crippen molar-refractivity contribution >= 4 is 22.7 Å². The zero-order chi connectivity index (χ0) is 15.6. The molecule has 1 saturated heterocycles. The third-order valence-corrected chi connectivity index (χ3v) is 3.74. The molecule has 7 nitrogen and oxygen atoms in total. The van der Waals surface area contributed by atoms with Gasteiger partial charge in [-0.15, -0.1) is 0 Å². The van der Waals surface area contributed by atoms with Crippen LogP contribution in [-0.2, 0) is 0 Å². The first kappa shape index (κ1) is 15.7. The fraction of sp³-hybridized carbons (Fsp3) is 0.462. The predicted molar refractivity (Wildman–Crippen MR) is 77.8 cm³/mol. The standard InChI is InChI=1S/C13H16ClN3O4/c1-16-5-4-11(15)10(7-16)9-6-8(17(19)20)2-3-12(9)21-13(14)18/h2-3,6,10-11H,4-5,7,15H2,1H3. The molecule has 2 unspecified atom stereocenters. The first-order chi connectivity index (χ1) is 9.88. The number of nitrogens with zero attached hydrogens (tertiary/aromatic N) is 2. The highest BCUT2D eigenvalue weighted by Crippen LogP contribution is 2.35. The molecule has 0 spiro atoms. The maximum atomic E-state index is 11.0. The molecule has 114 valence electrons. The van der Waals surface area contributed by atoms with E-state index in [0.29, 0.717) is 12.1 Å². The number of piperidine rings is 1. The molecule has 8 heteroatoms. The number of non-ortho nitro benzene ring substituents is 1. The lowest BCUT2D eigenvalue weighted by Gasteiger charge is -2.35. The number of carbonyl (C=O) groups excluding carboxylic acids is 1. The van der Waals surface area contributed by atoms with E-state index in [1.54, 1.807) is 0 Å². The topological polar surface area (TPSA) is 98.7 Å². The van der Waals surface area contributed by atoms with E-state index in [2.05, 4.69) is 4.90 Å². The van der Waals surface area contributed by atoms with E-state index >= 15 is 0 Å². The molecule has 0 radical (unpaired) electrons. The van der Waals surface area contributed by atoms with E-state index in [0.717, 1.165) is 13.0 Å². The SMILES string of the molecule is CN1CCC(N)C(c2cc([N+](=O)[O-])ccc2OC(=O)Cl)C1. The highest BCUT2D eigenvalue weighted by molar-refractivity contribution is 6.61. The highest BCUT2D eigenvalue weighted by Gasteiger charge is 2.30. The fourth-order valence-corrected chi connectivity index (χ4v) is 2.66. The van der Waals surface area contributed by atoms with Gasteiger partial charge in [0.15, 0.2) is 0 Å². The van der Waals surface area contributed by atoms with Crippen LogP contribution in [0.2, 0.25) is 0 Å². The van der Waals surface area contributed by atoms with Gasteiger partial charge in [-0.2, -0.15) is 0 Å². The van der Waals surface area contributed by atoms with Crippen molar-refractivity contribution < 1.29 is 14.5 Å². The van der Waals surface area contributed by atoms with Crippen LogP contribution in [0.15, 0.2) is 18.2 Å². The molecule has 2 atom stereocenters. The van der Waals surface area contributed by atoms with Gasteiger partial charge in [-0.3, -0.25) is 10.1 Å². The molecule has 0 bridgehead atoms. The third kappa shape index (κ3) is 3.69. The Morgan fingerprint density at radius 2 is 2.29 bits per heavy atom. The highest BCUT2D eigenvalue weighted by atomic mass is 35.5. The summed E-state index contributed by atoms with van der Waals surface area (Å²) in [4.78, 5) is 23.5. The summed E-state index contributed by atoms with van der Waals surface area (Å²) in [7, 11) is 1.95. The van der Waals surface area contributed by atoms with Crippen LogP contribution in [-0.4, -0.2) is 41.4 Å². The van der Waals surface area contributed by atoms with Gasteiger partial charge in [-0.1, -0.05) is 0 Å². The Morgan fingerprint density at radius 1 is 1.57 bits per heavy atom. The minimum atomic E-state index is -0.983. The van der Waals surface area contributed by atoms with E-state index < -0.39 is 10.4 Å². The van der Waals surface area contributed by atoms with E-state index in [1.807, 2.05) is 7.05 Å². The largest absolute Gasteiger partial charge is 0.414 e. The molecule has 1 aliphatic rings. The van der Waals surface area contributed by atoms with Crippen LogP contribution in [0.3, 0.4) is 0 Å². The Morgan fingerprint density at radius 3 is 2.90 bits per heavy atom. The number of nitro groups is 1. The van der Waals surface area contributed by atoms with Crippen molar-refractivity contribution in [2.24, 2.45) is 5.73 Å². The predicted octanol–water partition coefficient (Wildman–Crippen LogP) is 2.08. The second-order valence-electron chi connectivity index (χ2n) is 5.14. The number of nitro benzene ring substituents is 1. The molecular weight excluding hydrogens is 298 g/mol. The quantitative estimate of drug-likeness (QED) is 0.521. The van der Waals surface area contributed by atoms with Gasteiger partial charge in [0.05, 0.1) is 4.92 Å². The Bertz CT molecular complexity index is 566. The summed E-state index contributed by atoms with van der Waals surface area (Å²) < 4.78 is 4.95. The Balaban J connectivity index is 2.43. The zero-order valence-corrected chi connectivity index (χ0v) is 12.2. The van der Waals surface area contributed by atoms with Gasteiger partial charge >= 0.3 is 5.43 Å². The average Bonchev–Trinajstić information content (AvgIpc) is 2.41. The number of nitrogens with two attached hydrogens (primary N) is 1. The molecule has 1 fully saturated rings. The smallest absolute Gasteiger partial charge is 0.409 e. The Labute approximate surface area is 126 Å². The van der Waals surface area contributed by atoms with Gasteiger partial charge in [0, 0.05) is 47.8 Å². The second kappa shape index (κ2) is 6.38. The normalized spacial score (nSPS) is 22.8. The molecule has 1 heterocycles. The van der Waals surface area contributed by atoms with Crippen LogP contribution in [0.25, 0.3) is 0 Å². The molecule has 0 aromatic heterocycles. The third-order valence-electron chi connectivity index (χ3n) is 3.66. The van der Waals surface area contributed by atoms with Crippen molar-refractivity contribution in [3.63, 3.8) is 0 Å². The van der Waals surface area contributed by atoms with Crippen molar-refractivity contribution in [1.29, 1.82) is 0 Å². The number of likely N-dealkylation sites (tertiary alicyclic amines) is 1. The fourth-order valence-electron chi connectivity index (χ4n) is 2.58. The van der Waals surface area contributed by atoms with Crippen molar-refractivity contribution in [2.75, 3.05) is 20.1 Å². The number of hydrogen-bond acceptors (Lipinski definition) is 6. The minimum Gasteiger partial charge on any atom is -0.414 e. The van der Waals surface area contributed by atoms with E-state index in [1.165, 1.54) is 18.2 Å². The molecule has 0 saturated carbocycles. The maximum absolute atomic E-state index is 11.0. The number of rotatable bonds is 3. The Hall–Kier alpha value is -1.70. The van der Waals surface area contributed by atoms with Crippen LogP contribution in [0.4, 0.5) is 10.5 Å². The van der Waals surface area contributed by atoms with Crippen molar-refractivity contribution in [1.82, 2.24) is 4.90 Å². The van der Waals surface area contributed by atoms with Gasteiger partial charge in [0.2, 0.25) is 0 Å². The molecule has 1 aliphatic heterocycles. The Kier molecular flexibility index (Phi) is 4.76. The number of ether oxygens (including phenoxy) is 1. The van der Waals surface area contributed by atoms with Crippen LogP contribution < -0.4 is 10.5 Å². The van der Waals surface area contributed by atoms with Gasteiger partial charge in [0.1, 0.15) is 5.75 Å². The van der Waals surface area contributed by atoms with E-state index in [-0.39, 0.29) is 23.4 Å². The van der Waals surface area contributed by atoms with Crippen LogP contribution >= 0.6 is 11.6 Å². The van der Waals surface area contributed by atoms with E-state index in [9.17, 15) is 14.9 Å².